The number of methoxy groups -OCH3 is 1. The molecule has 1 aliphatic rings. The van der Waals surface area contributed by atoms with Crippen molar-refractivity contribution >= 4 is 22.4 Å². The zero-order valence-electron chi connectivity index (χ0n) is 15.6. The van der Waals surface area contributed by atoms with Crippen molar-refractivity contribution in [3.8, 4) is 11.3 Å². The van der Waals surface area contributed by atoms with Crippen molar-refractivity contribution in [2.75, 3.05) is 25.2 Å². The maximum Gasteiger partial charge on any atom is 0.261 e. The molecule has 140 valence electrons. The van der Waals surface area contributed by atoms with Crippen LogP contribution in [0.4, 0.5) is 5.13 Å². The summed E-state index contributed by atoms with van der Waals surface area (Å²) in [6, 6.07) is 3.65. The van der Waals surface area contributed by atoms with Gasteiger partial charge in [-0.1, -0.05) is 0 Å². The van der Waals surface area contributed by atoms with Crippen LogP contribution in [-0.4, -0.2) is 45.9 Å². The van der Waals surface area contributed by atoms with Crippen molar-refractivity contribution in [3.63, 3.8) is 0 Å². The van der Waals surface area contributed by atoms with Gasteiger partial charge in [0.1, 0.15) is 0 Å². The highest BCUT2D eigenvalue weighted by Crippen LogP contribution is 2.39. The number of nitrogens with zero attached hydrogens (tertiary/aromatic N) is 5. The van der Waals surface area contributed by atoms with Gasteiger partial charge in [-0.25, -0.2) is 4.98 Å². The molecular weight excluding hydrogens is 362 g/mol. The Morgan fingerprint density at radius 3 is 2.93 bits per heavy atom. The zero-order valence-corrected chi connectivity index (χ0v) is 16.4. The lowest BCUT2D eigenvalue weighted by Crippen LogP contribution is -2.34. The minimum Gasteiger partial charge on any atom is -0.383 e. The SMILES string of the molecule is COCCN(C(=O)c1ccc(C)nc1)c1nc2c(s1)CCc1c-2cnn1C. The molecule has 3 aromatic rings. The average molecular weight is 383 g/mol. The topological polar surface area (TPSA) is 73.1 Å². The van der Waals surface area contributed by atoms with Crippen molar-refractivity contribution in [2.45, 2.75) is 19.8 Å². The van der Waals surface area contributed by atoms with Gasteiger partial charge in [-0.2, -0.15) is 5.10 Å². The molecule has 3 aromatic heterocycles. The van der Waals surface area contributed by atoms with E-state index in [1.54, 1.807) is 35.6 Å². The molecule has 0 fully saturated rings. The third-order valence-corrected chi connectivity index (χ3v) is 5.88. The molecule has 1 amide bonds. The van der Waals surface area contributed by atoms with Crippen LogP contribution in [0.3, 0.4) is 0 Å². The first-order valence-corrected chi connectivity index (χ1v) is 9.64. The number of carbonyl (C=O) groups is 1. The van der Waals surface area contributed by atoms with Gasteiger partial charge in [0.25, 0.3) is 5.91 Å². The fourth-order valence-electron chi connectivity index (χ4n) is 3.24. The average Bonchev–Trinajstić information content (AvgIpc) is 3.26. The molecule has 3 heterocycles. The standard InChI is InChI=1S/C19H21N5O2S/c1-12-4-5-13(10-20-12)18(25)24(8-9-26-3)19-22-17-14-11-21-23(2)15(14)6-7-16(17)27-19/h4-5,10-11H,6-9H2,1-3H3. The maximum absolute atomic E-state index is 13.1. The Hall–Kier alpha value is -2.58. The van der Waals surface area contributed by atoms with Gasteiger partial charge in [0, 0.05) is 42.2 Å². The predicted molar refractivity (Wildman–Crippen MR) is 104 cm³/mol. The number of aryl methyl sites for hydroxylation is 3. The van der Waals surface area contributed by atoms with Crippen LogP contribution in [0.2, 0.25) is 0 Å². The lowest BCUT2D eigenvalue weighted by atomic mass is 10.0. The molecule has 0 radical (unpaired) electrons. The molecule has 4 rings (SSSR count). The van der Waals surface area contributed by atoms with Gasteiger partial charge in [0.05, 0.1) is 30.6 Å². The second-order valence-corrected chi connectivity index (χ2v) is 7.60. The number of aromatic nitrogens is 4. The highest BCUT2D eigenvalue weighted by molar-refractivity contribution is 7.16. The Kier molecular flexibility index (Phi) is 4.75. The van der Waals surface area contributed by atoms with E-state index in [0.29, 0.717) is 23.8 Å². The van der Waals surface area contributed by atoms with E-state index < -0.39 is 0 Å². The Morgan fingerprint density at radius 2 is 2.19 bits per heavy atom. The Labute approximate surface area is 161 Å². The molecule has 1 aliphatic carbocycles. The van der Waals surface area contributed by atoms with Gasteiger partial charge < -0.3 is 4.74 Å². The molecule has 0 bridgehead atoms. The van der Waals surface area contributed by atoms with Crippen LogP contribution in [0, 0.1) is 6.92 Å². The number of amides is 1. The third-order valence-electron chi connectivity index (χ3n) is 4.74. The van der Waals surface area contributed by atoms with Gasteiger partial charge >= 0.3 is 0 Å². The van der Waals surface area contributed by atoms with E-state index >= 15 is 0 Å². The van der Waals surface area contributed by atoms with Crippen LogP contribution < -0.4 is 4.90 Å². The monoisotopic (exact) mass is 383 g/mol. The van der Waals surface area contributed by atoms with E-state index in [1.807, 2.05) is 30.9 Å². The van der Waals surface area contributed by atoms with Crippen LogP contribution in [0.1, 0.15) is 26.6 Å². The molecule has 0 saturated carbocycles. The number of pyridine rings is 1. The summed E-state index contributed by atoms with van der Waals surface area (Å²) in [5, 5.41) is 5.06. The van der Waals surface area contributed by atoms with Crippen LogP contribution in [0.5, 0.6) is 0 Å². The third kappa shape index (κ3) is 3.26. The van der Waals surface area contributed by atoms with Crippen molar-refractivity contribution in [1.29, 1.82) is 0 Å². The van der Waals surface area contributed by atoms with Crippen molar-refractivity contribution in [1.82, 2.24) is 19.7 Å². The predicted octanol–water partition coefficient (Wildman–Crippen LogP) is 2.64. The van der Waals surface area contributed by atoms with Crippen molar-refractivity contribution < 1.29 is 9.53 Å². The smallest absolute Gasteiger partial charge is 0.261 e. The number of anilines is 1. The van der Waals surface area contributed by atoms with Gasteiger partial charge in [-0.05, 0) is 31.9 Å². The van der Waals surface area contributed by atoms with Gasteiger partial charge in [-0.15, -0.1) is 11.3 Å². The number of thiazole rings is 1. The quantitative estimate of drug-likeness (QED) is 0.677. The summed E-state index contributed by atoms with van der Waals surface area (Å²) in [6.07, 6.45) is 5.33. The van der Waals surface area contributed by atoms with Gasteiger partial charge in [0.2, 0.25) is 0 Å². The zero-order chi connectivity index (χ0) is 19.0. The molecule has 0 atom stereocenters. The Morgan fingerprint density at radius 1 is 1.33 bits per heavy atom. The lowest BCUT2D eigenvalue weighted by molar-refractivity contribution is 0.0975. The number of rotatable bonds is 5. The molecule has 7 nitrogen and oxygen atoms in total. The first kappa shape index (κ1) is 17.8. The summed E-state index contributed by atoms with van der Waals surface area (Å²) in [5.41, 5.74) is 4.63. The molecule has 8 heteroatoms. The summed E-state index contributed by atoms with van der Waals surface area (Å²) in [7, 11) is 3.58. The molecule has 0 N–H and O–H groups in total. The second kappa shape index (κ2) is 7.21. The summed E-state index contributed by atoms with van der Waals surface area (Å²) >= 11 is 1.57. The number of hydrogen-bond donors (Lipinski definition) is 0. The highest BCUT2D eigenvalue weighted by atomic mass is 32.1. The van der Waals surface area contributed by atoms with Crippen LogP contribution in [0.25, 0.3) is 11.3 Å². The Bertz CT molecular complexity index is 977. The molecular formula is C19H21N5O2S. The first-order valence-electron chi connectivity index (χ1n) is 8.83. The first-order chi connectivity index (χ1) is 13.1. The fraction of sp³-hybridized carbons (Fsp3) is 0.368. The van der Waals surface area contributed by atoms with E-state index in [2.05, 4.69) is 10.1 Å². The van der Waals surface area contributed by atoms with Crippen LogP contribution in [0.15, 0.2) is 24.5 Å². The minimum atomic E-state index is -0.114. The van der Waals surface area contributed by atoms with E-state index in [4.69, 9.17) is 9.72 Å². The normalized spacial score (nSPS) is 12.6. The molecule has 0 saturated heterocycles. The molecule has 0 aromatic carbocycles. The molecule has 0 spiro atoms. The number of fused-ring (bicyclic) bond motifs is 3. The van der Waals surface area contributed by atoms with Crippen LogP contribution in [-0.2, 0) is 24.6 Å². The maximum atomic E-state index is 13.1. The number of ether oxygens (including phenoxy) is 1. The Balaban J connectivity index is 1.71. The summed E-state index contributed by atoms with van der Waals surface area (Å²) in [4.78, 5) is 25.1. The van der Waals surface area contributed by atoms with E-state index in [-0.39, 0.29) is 5.91 Å². The van der Waals surface area contributed by atoms with Crippen molar-refractivity contribution in [2.24, 2.45) is 7.05 Å². The van der Waals surface area contributed by atoms with Crippen molar-refractivity contribution in [3.05, 3.63) is 46.4 Å². The highest BCUT2D eigenvalue weighted by Gasteiger charge is 2.28. The number of hydrogen-bond acceptors (Lipinski definition) is 6. The van der Waals surface area contributed by atoms with E-state index in [1.165, 1.54) is 10.6 Å². The summed E-state index contributed by atoms with van der Waals surface area (Å²) in [6.45, 7) is 2.78. The lowest BCUT2D eigenvalue weighted by Gasteiger charge is -2.19. The minimum absolute atomic E-state index is 0.114. The summed E-state index contributed by atoms with van der Waals surface area (Å²) in [5.74, 6) is -0.114. The number of carbonyl (C=O) groups excluding carboxylic acids is 1. The fourth-order valence-corrected chi connectivity index (χ4v) is 4.34. The molecule has 0 unspecified atom stereocenters. The summed E-state index contributed by atoms with van der Waals surface area (Å²) < 4.78 is 7.12. The van der Waals surface area contributed by atoms with E-state index in [9.17, 15) is 4.79 Å². The molecule has 27 heavy (non-hydrogen) atoms. The van der Waals surface area contributed by atoms with Crippen LogP contribution >= 0.6 is 11.3 Å². The van der Waals surface area contributed by atoms with Gasteiger partial charge in [-0.3, -0.25) is 19.4 Å². The molecule has 0 aliphatic heterocycles. The van der Waals surface area contributed by atoms with Gasteiger partial charge in [0.15, 0.2) is 5.13 Å². The largest absolute Gasteiger partial charge is 0.383 e. The van der Waals surface area contributed by atoms with E-state index in [0.717, 1.165) is 29.8 Å². The second-order valence-electron chi connectivity index (χ2n) is 6.53.